The predicted molar refractivity (Wildman–Crippen MR) is 93.2 cm³/mol. The fraction of sp³-hybridized carbons (Fsp3) is 0.158. The Bertz CT molecular complexity index is 930. The van der Waals surface area contributed by atoms with Gasteiger partial charge in [0.15, 0.2) is 18.2 Å². The van der Waals surface area contributed by atoms with Gasteiger partial charge in [-0.15, -0.1) is 0 Å². The molecule has 0 bridgehead atoms. The lowest BCUT2D eigenvalue weighted by Gasteiger charge is -2.11. The van der Waals surface area contributed by atoms with Crippen molar-refractivity contribution >= 4 is 28.5 Å². The minimum absolute atomic E-state index is 0.00263. The average molecular weight is 360 g/mol. The number of hydrogen-bond acceptors (Lipinski definition) is 4. The number of carbonyl (C=O) groups is 1. The first-order valence-electron chi connectivity index (χ1n) is 7.63. The minimum Gasteiger partial charge on any atom is -0.479 e. The van der Waals surface area contributed by atoms with Crippen molar-refractivity contribution in [3.05, 3.63) is 70.6 Å². The Hall–Kier alpha value is -2.66. The highest BCUT2D eigenvalue weighted by Gasteiger charge is 2.13. The first kappa shape index (κ1) is 17.2. The number of ether oxygens (including phenoxy) is 2. The lowest BCUT2D eigenvalue weighted by Crippen LogP contribution is -2.15. The number of pyridine rings is 1. The summed E-state index contributed by atoms with van der Waals surface area (Å²) in [5.41, 5.74) is 2.12. The number of benzene rings is 2. The fourth-order valence-corrected chi connectivity index (χ4v) is 2.60. The molecule has 0 aliphatic heterocycles. The smallest absolute Gasteiger partial charge is 0.344 e. The van der Waals surface area contributed by atoms with Crippen molar-refractivity contribution in [3.63, 3.8) is 0 Å². The normalized spacial score (nSPS) is 10.7. The van der Waals surface area contributed by atoms with Crippen molar-refractivity contribution in [1.82, 2.24) is 4.98 Å². The van der Waals surface area contributed by atoms with Gasteiger partial charge in [0.1, 0.15) is 6.61 Å². The molecular formula is C19H15ClFNO3. The molecule has 0 radical (unpaired) electrons. The zero-order valence-corrected chi connectivity index (χ0v) is 14.2. The zero-order valence-electron chi connectivity index (χ0n) is 13.5. The number of aromatic nitrogens is 1. The van der Waals surface area contributed by atoms with Gasteiger partial charge in [0.25, 0.3) is 0 Å². The summed E-state index contributed by atoms with van der Waals surface area (Å²) >= 11 is 6.31. The van der Waals surface area contributed by atoms with Gasteiger partial charge in [-0.05, 0) is 30.7 Å². The number of rotatable bonds is 5. The van der Waals surface area contributed by atoms with Crippen LogP contribution < -0.4 is 4.74 Å². The molecule has 0 aliphatic rings. The molecule has 128 valence electrons. The summed E-state index contributed by atoms with van der Waals surface area (Å²) in [6, 6.07) is 13.4. The Morgan fingerprint density at radius 3 is 2.68 bits per heavy atom. The van der Waals surface area contributed by atoms with Crippen LogP contribution in [0.15, 0.2) is 48.5 Å². The standard InChI is InChI=1S/C19H15ClFNO3/c1-12-13-6-2-4-8-15(13)22-16(19(12)20)10-25-18(23)11-24-17-9-5-3-7-14(17)21/h2-9H,10-11H2,1H3. The average Bonchev–Trinajstić information content (AvgIpc) is 2.63. The van der Waals surface area contributed by atoms with E-state index in [1.807, 2.05) is 31.2 Å². The third-order valence-corrected chi connectivity index (χ3v) is 4.20. The molecule has 0 aliphatic carbocycles. The molecule has 0 fully saturated rings. The number of aryl methyl sites for hydroxylation is 1. The van der Waals surface area contributed by atoms with Gasteiger partial charge in [0.05, 0.1) is 16.2 Å². The molecule has 0 saturated carbocycles. The molecular weight excluding hydrogens is 345 g/mol. The molecule has 4 nitrogen and oxygen atoms in total. The molecule has 1 heterocycles. The van der Waals surface area contributed by atoms with Gasteiger partial charge in [-0.25, -0.2) is 14.2 Å². The number of fused-ring (bicyclic) bond motifs is 1. The van der Waals surface area contributed by atoms with Crippen LogP contribution >= 0.6 is 11.6 Å². The number of carbonyl (C=O) groups excluding carboxylic acids is 1. The van der Waals surface area contributed by atoms with E-state index in [1.165, 1.54) is 18.2 Å². The van der Waals surface area contributed by atoms with Crippen molar-refractivity contribution in [2.75, 3.05) is 6.61 Å². The highest BCUT2D eigenvalue weighted by atomic mass is 35.5. The Morgan fingerprint density at radius 1 is 1.16 bits per heavy atom. The topological polar surface area (TPSA) is 48.4 Å². The maximum absolute atomic E-state index is 13.4. The number of nitrogens with zero attached hydrogens (tertiary/aromatic N) is 1. The van der Waals surface area contributed by atoms with E-state index >= 15 is 0 Å². The second kappa shape index (κ2) is 7.49. The van der Waals surface area contributed by atoms with E-state index in [0.717, 1.165) is 16.5 Å². The van der Waals surface area contributed by atoms with Crippen LogP contribution in [0.3, 0.4) is 0 Å². The Morgan fingerprint density at radius 2 is 1.88 bits per heavy atom. The van der Waals surface area contributed by atoms with Crippen molar-refractivity contribution in [3.8, 4) is 5.75 Å². The van der Waals surface area contributed by atoms with Crippen LogP contribution in [-0.2, 0) is 16.1 Å². The molecule has 2 aromatic carbocycles. The summed E-state index contributed by atoms with van der Waals surface area (Å²) in [5, 5.41) is 1.41. The molecule has 0 saturated heterocycles. The summed E-state index contributed by atoms with van der Waals surface area (Å²) in [6.07, 6.45) is 0. The van der Waals surface area contributed by atoms with Crippen LogP contribution in [0.4, 0.5) is 4.39 Å². The van der Waals surface area contributed by atoms with Gasteiger partial charge in [-0.2, -0.15) is 0 Å². The molecule has 6 heteroatoms. The van der Waals surface area contributed by atoms with Crippen molar-refractivity contribution < 1.29 is 18.7 Å². The van der Waals surface area contributed by atoms with Crippen LogP contribution in [0.2, 0.25) is 5.02 Å². The first-order chi connectivity index (χ1) is 12.1. The summed E-state index contributed by atoms with van der Waals surface area (Å²) in [4.78, 5) is 16.3. The Balaban J connectivity index is 1.65. The van der Waals surface area contributed by atoms with E-state index in [1.54, 1.807) is 6.07 Å². The van der Waals surface area contributed by atoms with Crippen LogP contribution in [0, 0.1) is 12.7 Å². The number of esters is 1. The molecule has 3 rings (SSSR count). The van der Waals surface area contributed by atoms with Crippen LogP contribution in [0.1, 0.15) is 11.3 Å². The molecule has 0 spiro atoms. The van der Waals surface area contributed by atoms with Crippen molar-refractivity contribution in [2.45, 2.75) is 13.5 Å². The van der Waals surface area contributed by atoms with Gasteiger partial charge in [-0.3, -0.25) is 0 Å². The number of hydrogen-bond donors (Lipinski definition) is 0. The predicted octanol–water partition coefficient (Wildman–Crippen LogP) is 4.46. The minimum atomic E-state index is -0.632. The number of para-hydroxylation sites is 2. The molecule has 0 amide bonds. The summed E-state index contributed by atoms with van der Waals surface area (Å²) in [5.74, 6) is -1.17. The number of halogens is 2. The van der Waals surface area contributed by atoms with E-state index < -0.39 is 18.4 Å². The highest BCUT2D eigenvalue weighted by molar-refractivity contribution is 6.32. The van der Waals surface area contributed by atoms with E-state index in [4.69, 9.17) is 21.1 Å². The molecule has 0 atom stereocenters. The molecule has 0 N–H and O–H groups in total. The maximum atomic E-state index is 13.4. The van der Waals surface area contributed by atoms with Crippen molar-refractivity contribution in [2.24, 2.45) is 0 Å². The SMILES string of the molecule is Cc1c(Cl)c(COC(=O)COc2ccccc2F)nc2ccccc12. The monoisotopic (exact) mass is 359 g/mol. The lowest BCUT2D eigenvalue weighted by molar-refractivity contribution is -0.147. The summed E-state index contributed by atoms with van der Waals surface area (Å²) in [6.45, 7) is 1.41. The Kier molecular flexibility index (Phi) is 5.14. The zero-order chi connectivity index (χ0) is 17.8. The lowest BCUT2D eigenvalue weighted by atomic mass is 10.1. The van der Waals surface area contributed by atoms with Crippen LogP contribution in [0.25, 0.3) is 10.9 Å². The van der Waals surface area contributed by atoms with E-state index in [0.29, 0.717) is 10.7 Å². The van der Waals surface area contributed by atoms with E-state index in [2.05, 4.69) is 4.98 Å². The van der Waals surface area contributed by atoms with Gasteiger partial charge >= 0.3 is 5.97 Å². The van der Waals surface area contributed by atoms with Gasteiger partial charge in [-0.1, -0.05) is 41.9 Å². The van der Waals surface area contributed by atoms with E-state index in [9.17, 15) is 9.18 Å². The molecule has 3 aromatic rings. The first-order valence-corrected chi connectivity index (χ1v) is 8.00. The van der Waals surface area contributed by atoms with E-state index in [-0.39, 0.29) is 12.4 Å². The maximum Gasteiger partial charge on any atom is 0.344 e. The summed E-state index contributed by atoms with van der Waals surface area (Å²) < 4.78 is 23.7. The molecule has 1 aromatic heterocycles. The van der Waals surface area contributed by atoms with Gasteiger partial charge in [0, 0.05) is 5.39 Å². The largest absolute Gasteiger partial charge is 0.479 e. The second-order valence-electron chi connectivity index (χ2n) is 5.39. The van der Waals surface area contributed by atoms with Crippen molar-refractivity contribution in [1.29, 1.82) is 0 Å². The second-order valence-corrected chi connectivity index (χ2v) is 5.77. The van der Waals surface area contributed by atoms with Gasteiger partial charge < -0.3 is 9.47 Å². The quantitative estimate of drug-likeness (QED) is 0.631. The third kappa shape index (κ3) is 3.88. The van der Waals surface area contributed by atoms with Crippen LogP contribution in [-0.4, -0.2) is 17.6 Å². The Labute approximate surface area is 149 Å². The summed E-state index contributed by atoms with van der Waals surface area (Å²) in [7, 11) is 0. The van der Waals surface area contributed by atoms with Gasteiger partial charge in [0.2, 0.25) is 0 Å². The highest BCUT2D eigenvalue weighted by Crippen LogP contribution is 2.27. The molecule has 25 heavy (non-hydrogen) atoms. The third-order valence-electron chi connectivity index (χ3n) is 3.70. The molecule has 0 unspecified atom stereocenters. The fourth-order valence-electron chi connectivity index (χ4n) is 2.40. The van der Waals surface area contributed by atoms with Crippen LogP contribution in [0.5, 0.6) is 5.75 Å².